The summed E-state index contributed by atoms with van der Waals surface area (Å²) in [6.07, 6.45) is 6.86. The number of anilines is 4. The molecule has 0 amide bonds. The van der Waals surface area contributed by atoms with Crippen molar-refractivity contribution in [1.29, 1.82) is 0 Å². The second-order valence-corrected chi connectivity index (χ2v) is 11.2. The summed E-state index contributed by atoms with van der Waals surface area (Å²) in [6, 6.07) is 11.2. The molecule has 0 spiro atoms. The van der Waals surface area contributed by atoms with E-state index in [2.05, 4.69) is 25.1 Å². The van der Waals surface area contributed by atoms with Crippen molar-refractivity contribution in [2.45, 2.75) is 48.3 Å². The molecule has 2 aliphatic heterocycles. The molecular weight excluding hydrogens is 586 g/mol. The van der Waals surface area contributed by atoms with Crippen molar-refractivity contribution in [2.24, 2.45) is 0 Å². The minimum atomic E-state index is -3.82. The topological polar surface area (TPSA) is 274 Å². The maximum Gasteiger partial charge on any atom is 0.269 e. The number of hydrogen-bond donors (Lipinski definition) is 5. The zero-order valence-electron chi connectivity index (χ0n) is 23.7. The number of nitro groups is 1. The van der Waals surface area contributed by atoms with Crippen molar-refractivity contribution in [3.63, 3.8) is 0 Å². The molecule has 5 rings (SSSR count). The van der Waals surface area contributed by atoms with Crippen LogP contribution < -0.4 is 39.7 Å². The van der Waals surface area contributed by atoms with Crippen LogP contribution in [-0.4, -0.2) is 54.5 Å². The molecule has 17 heteroatoms. The van der Waals surface area contributed by atoms with Crippen LogP contribution in [0.2, 0.25) is 0 Å². The Morgan fingerprint density at radius 1 is 0.690 bits per heavy atom. The number of rotatable bonds is 7. The van der Waals surface area contributed by atoms with Crippen LogP contribution in [0.25, 0.3) is 0 Å². The highest BCUT2D eigenvalue weighted by molar-refractivity contribution is 7.91. The lowest BCUT2D eigenvalue weighted by Crippen LogP contribution is -2.34. The molecular formula is C25H50ClN11O4S. The van der Waals surface area contributed by atoms with Gasteiger partial charge in [-0.05, 0) is 74.9 Å². The SMILES string of the molecule is Cl.N.N.N.N.O=[N+]([O-])c1ccc(S(=O)(=O)c2ccc(Nc3nc(N4CCCCC4)nc(N4CCCCC4)n3)cc2)cc1.[HH].[HH].[HH].[HH]. The third-order valence-electron chi connectivity index (χ3n) is 6.67. The maximum atomic E-state index is 13.0. The summed E-state index contributed by atoms with van der Waals surface area (Å²) < 4.78 is 26.0. The van der Waals surface area contributed by atoms with Gasteiger partial charge in [0.25, 0.3) is 5.69 Å². The Morgan fingerprint density at radius 3 is 1.50 bits per heavy atom. The van der Waals surface area contributed by atoms with Crippen molar-refractivity contribution in [3.8, 4) is 0 Å². The second-order valence-electron chi connectivity index (χ2n) is 9.26. The normalized spacial score (nSPS) is 14.5. The Labute approximate surface area is 258 Å². The van der Waals surface area contributed by atoms with E-state index in [1.165, 1.54) is 49.2 Å². The molecule has 13 N–H and O–H groups in total. The van der Waals surface area contributed by atoms with Gasteiger partial charge in [0.15, 0.2) is 0 Å². The van der Waals surface area contributed by atoms with Crippen molar-refractivity contribution >= 4 is 51.5 Å². The number of aromatic nitrogens is 3. The van der Waals surface area contributed by atoms with Crippen LogP contribution >= 0.6 is 12.4 Å². The van der Waals surface area contributed by atoms with E-state index < -0.39 is 14.8 Å². The predicted octanol–water partition coefficient (Wildman–Crippen LogP) is 6.39. The van der Waals surface area contributed by atoms with Gasteiger partial charge in [-0.25, -0.2) is 8.42 Å². The van der Waals surface area contributed by atoms with Gasteiger partial charge in [0.05, 0.1) is 14.7 Å². The first-order chi connectivity index (χ1) is 17.9. The van der Waals surface area contributed by atoms with Crippen molar-refractivity contribution < 1.29 is 19.0 Å². The fourth-order valence-corrected chi connectivity index (χ4v) is 5.87. The number of nitrogens with zero attached hydrogens (tertiary/aromatic N) is 6. The fraction of sp³-hybridized carbons (Fsp3) is 0.400. The molecule has 242 valence electrons. The number of nitro benzene ring substituents is 1. The van der Waals surface area contributed by atoms with Crippen LogP contribution in [0.15, 0.2) is 58.3 Å². The highest BCUT2D eigenvalue weighted by atomic mass is 35.5. The average molecular weight is 636 g/mol. The number of halogens is 1. The zero-order chi connectivity index (χ0) is 25.8. The van der Waals surface area contributed by atoms with Crippen LogP contribution in [0.3, 0.4) is 0 Å². The van der Waals surface area contributed by atoms with Crippen LogP contribution in [0.4, 0.5) is 29.2 Å². The number of non-ortho nitro benzene ring substituents is 1. The molecule has 42 heavy (non-hydrogen) atoms. The number of sulfone groups is 1. The van der Waals surface area contributed by atoms with Gasteiger partial charge in [0.2, 0.25) is 27.7 Å². The minimum absolute atomic E-state index is 0. The Balaban J connectivity index is -0.000000623. The Bertz CT molecular complexity index is 1350. The average Bonchev–Trinajstić information content (AvgIpc) is 2.94. The van der Waals surface area contributed by atoms with Gasteiger partial charge in [-0.15, -0.1) is 12.4 Å². The molecule has 3 heterocycles. The summed E-state index contributed by atoms with van der Waals surface area (Å²) in [7, 11) is -3.82. The second kappa shape index (κ2) is 16.7. The van der Waals surface area contributed by atoms with E-state index in [1.807, 2.05) is 0 Å². The van der Waals surface area contributed by atoms with E-state index in [9.17, 15) is 18.5 Å². The lowest BCUT2D eigenvalue weighted by molar-refractivity contribution is -0.384. The first-order valence-corrected chi connectivity index (χ1v) is 14.0. The van der Waals surface area contributed by atoms with Crippen LogP contribution in [0, 0.1) is 10.1 Å². The molecule has 3 aromatic rings. The molecule has 0 aliphatic carbocycles. The number of nitrogens with one attached hydrogen (secondary N) is 1. The highest BCUT2D eigenvalue weighted by Gasteiger charge is 2.22. The van der Waals surface area contributed by atoms with Crippen LogP contribution in [0.5, 0.6) is 0 Å². The van der Waals surface area contributed by atoms with Crippen LogP contribution in [0.1, 0.15) is 44.2 Å². The van der Waals surface area contributed by atoms with E-state index in [4.69, 9.17) is 4.98 Å². The van der Waals surface area contributed by atoms with Crippen LogP contribution in [-0.2, 0) is 9.84 Å². The molecule has 0 bridgehead atoms. The summed E-state index contributed by atoms with van der Waals surface area (Å²) in [5, 5.41) is 14.1. The predicted molar refractivity (Wildman–Crippen MR) is 176 cm³/mol. The third-order valence-corrected chi connectivity index (χ3v) is 8.45. The maximum absolute atomic E-state index is 13.0. The first kappa shape index (κ1) is 38.3. The summed E-state index contributed by atoms with van der Waals surface area (Å²) >= 11 is 0. The molecule has 2 fully saturated rings. The minimum Gasteiger partial charge on any atom is -0.344 e. The Hall–Kier alpha value is -3.67. The third kappa shape index (κ3) is 8.67. The Kier molecular flexibility index (Phi) is 15.2. The number of piperidine rings is 2. The first-order valence-electron chi connectivity index (χ1n) is 12.5. The van der Waals surface area contributed by atoms with Gasteiger partial charge < -0.3 is 39.7 Å². The van der Waals surface area contributed by atoms with Gasteiger partial charge in [-0.2, -0.15) is 15.0 Å². The molecule has 0 radical (unpaired) electrons. The van der Waals surface area contributed by atoms with E-state index in [0.29, 0.717) is 23.5 Å². The quantitative estimate of drug-likeness (QED) is 0.139. The van der Waals surface area contributed by atoms with Gasteiger partial charge in [-0.1, -0.05) is 0 Å². The van der Waals surface area contributed by atoms with Crippen molar-refractivity contribution in [3.05, 3.63) is 58.6 Å². The fourth-order valence-electron chi connectivity index (χ4n) is 4.61. The highest BCUT2D eigenvalue weighted by Crippen LogP contribution is 2.27. The summed E-state index contributed by atoms with van der Waals surface area (Å²) in [5.74, 6) is 1.74. The Morgan fingerprint density at radius 2 is 1.10 bits per heavy atom. The molecule has 15 nitrogen and oxygen atoms in total. The largest absolute Gasteiger partial charge is 0.344 e. The summed E-state index contributed by atoms with van der Waals surface area (Å²) in [5.41, 5.74) is 0.478. The smallest absolute Gasteiger partial charge is 0.269 e. The van der Waals surface area contributed by atoms with Crippen molar-refractivity contribution in [2.75, 3.05) is 41.3 Å². The van der Waals surface area contributed by atoms with E-state index in [0.717, 1.165) is 51.9 Å². The monoisotopic (exact) mass is 635 g/mol. The lowest BCUT2D eigenvalue weighted by Gasteiger charge is -2.30. The molecule has 0 unspecified atom stereocenters. The molecule has 2 saturated heterocycles. The van der Waals surface area contributed by atoms with E-state index in [-0.39, 0.29) is 58.2 Å². The van der Waals surface area contributed by atoms with Gasteiger partial charge in [-0.3, -0.25) is 10.1 Å². The molecule has 0 atom stereocenters. The molecule has 2 aliphatic rings. The van der Waals surface area contributed by atoms with Crippen molar-refractivity contribution in [1.82, 2.24) is 39.6 Å². The van der Waals surface area contributed by atoms with Gasteiger partial charge in [0, 0.05) is 49.7 Å². The van der Waals surface area contributed by atoms with Gasteiger partial charge >= 0.3 is 0 Å². The van der Waals surface area contributed by atoms with E-state index in [1.54, 1.807) is 12.1 Å². The molecule has 1 aromatic heterocycles. The zero-order valence-corrected chi connectivity index (χ0v) is 25.3. The van der Waals surface area contributed by atoms with Gasteiger partial charge in [0.1, 0.15) is 0 Å². The molecule has 2 aromatic carbocycles. The lowest BCUT2D eigenvalue weighted by atomic mass is 10.1. The number of benzene rings is 2. The van der Waals surface area contributed by atoms with E-state index >= 15 is 0 Å². The number of hydrogen-bond acceptors (Lipinski definition) is 14. The standard InChI is InChI=1S/C25H29N7O4S.ClH.4H3N.4H2/c33-32(34)20-9-13-22(14-10-20)37(35,36)21-11-7-19(8-12-21)26-23-27-24(30-15-3-1-4-16-30)29-25(28-23)31-17-5-2-6-18-31;;;;;;;;;/h7-14H,1-6,15-18H2,(H,26,27,28,29);1H;4*1H3;4*1H. The molecule has 0 saturated carbocycles. The summed E-state index contributed by atoms with van der Waals surface area (Å²) in [4.78, 5) is 28.9. The summed E-state index contributed by atoms with van der Waals surface area (Å²) in [6.45, 7) is 3.66.